The van der Waals surface area contributed by atoms with Crippen molar-refractivity contribution in [1.82, 2.24) is 5.32 Å². The molecule has 1 aliphatic rings. The zero-order valence-corrected chi connectivity index (χ0v) is 51.9. The van der Waals surface area contributed by atoms with Crippen LogP contribution in [0.5, 0.6) is 0 Å². The molecule has 0 saturated carbocycles. The number of nitrogens with one attached hydrogen (secondary N) is 1. The van der Waals surface area contributed by atoms with Gasteiger partial charge in [0.05, 0.1) is 25.4 Å². The summed E-state index contributed by atoms with van der Waals surface area (Å²) in [5.74, 6) is -0.181. The molecule has 0 aromatic carbocycles. The van der Waals surface area contributed by atoms with E-state index in [2.05, 4.69) is 55.6 Å². The van der Waals surface area contributed by atoms with Crippen LogP contribution in [0.1, 0.15) is 335 Å². The minimum atomic E-state index is -1.57. The van der Waals surface area contributed by atoms with Crippen LogP contribution in [0.2, 0.25) is 0 Å². The fourth-order valence-corrected chi connectivity index (χ4v) is 11.0. The second kappa shape index (κ2) is 59.3. The lowest BCUT2D eigenvalue weighted by Gasteiger charge is -2.40. The largest absolute Gasteiger partial charge is 0.394 e. The van der Waals surface area contributed by atoms with Gasteiger partial charge >= 0.3 is 0 Å². The SMILES string of the molecule is CCCCCCC/C=C\C/C=C\CCCCCCCCCCCCCCCCCCCCCCCCCCCC(=O)NC(COC1OC(CO)C(O)C(O)C1O)C(O)/C=C/CC/C=C/CCCCCCCCCCCCCCC. The average molecular weight is 1110 g/mol. The fraction of sp³-hybridized carbons (Fsp3) is 0.871. The Hall–Kier alpha value is -1.85. The van der Waals surface area contributed by atoms with Crippen molar-refractivity contribution in [1.29, 1.82) is 0 Å². The first-order valence-corrected chi connectivity index (χ1v) is 34.4. The molecular formula is C70H131NO8. The lowest BCUT2D eigenvalue weighted by atomic mass is 9.99. The third-order valence-electron chi connectivity index (χ3n) is 16.4. The maximum Gasteiger partial charge on any atom is 0.220 e. The highest BCUT2D eigenvalue weighted by molar-refractivity contribution is 5.76. The van der Waals surface area contributed by atoms with E-state index >= 15 is 0 Å². The molecule has 0 radical (unpaired) electrons. The van der Waals surface area contributed by atoms with Crippen LogP contribution < -0.4 is 5.32 Å². The summed E-state index contributed by atoms with van der Waals surface area (Å²) in [7, 11) is 0. The summed E-state index contributed by atoms with van der Waals surface area (Å²) in [6.45, 7) is 3.79. The molecule has 0 spiro atoms. The van der Waals surface area contributed by atoms with Gasteiger partial charge in [0.15, 0.2) is 6.29 Å². The van der Waals surface area contributed by atoms with Crippen LogP contribution >= 0.6 is 0 Å². The molecule has 0 aromatic heterocycles. The van der Waals surface area contributed by atoms with Crippen LogP contribution in [0.25, 0.3) is 0 Å². The van der Waals surface area contributed by atoms with Crippen LogP contribution in [0.15, 0.2) is 48.6 Å². The number of amides is 1. The maximum atomic E-state index is 13.1. The minimum Gasteiger partial charge on any atom is -0.394 e. The van der Waals surface area contributed by atoms with Gasteiger partial charge in [-0.05, 0) is 64.2 Å². The molecule has 1 saturated heterocycles. The Morgan fingerprint density at radius 3 is 1.14 bits per heavy atom. The normalized spacial score (nSPS) is 18.8. The predicted molar refractivity (Wildman–Crippen MR) is 336 cm³/mol. The third-order valence-corrected chi connectivity index (χ3v) is 16.4. The number of ether oxygens (including phenoxy) is 2. The Morgan fingerprint density at radius 2 is 0.759 bits per heavy atom. The number of aliphatic hydroxyl groups is 5. The smallest absolute Gasteiger partial charge is 0.220 e. The van der Waals surface area contributed by atoms with Crippen molar-refractivity contribution in [2.24, 2.45) is 0 Å². The van der Waals surface area contributed by atoms with Gasteiger partial charge in [-0.2, -0.15) is 0 Å². The van der Waals surface area contributed by atoms with Crippen molar-refractivity contribution in [3.8, 4) is 0 Å². The van der Waals surface area contributed by atoms with Crippen molar-refractivity contribution in [3.63, 3.8) is 0 Å². The van der Waals surface area contributed by atoms with Gasteiger partial charge in [-0.3, -0.25) is 4.79 Å². The van der Waals surface area contributed by atoms with Crippen molar-refractivity contribution >= 4 is 5.91 Å². The molecule has 0 aliphatic carbocycles. The van der Waals surface area contributed by atoms with E-state index in [1.54, 1.807) is 6.08 Å². The highest BCUT2D eigenvalue weighted by atomic mass is 16.7. The van der Waals surface area contributed by atoms with Crippen LogP contribution in [-0.2, 0) is 14.3 Å². The van der Waals surface area contributed by atoms with Crippen molar-refractivity contribution in [2.75, 3.05) is 13.2 Å². The number of hydrogen-bond donors (Lipinski definition) is 6. The molecule has 464 valence electrons. The topological polar surface area (TPSA) is 149 Å². The first-order valence-electron chi connectivity index (χ1n) is 34.4. The highest BCUT2D eigenvalue weighted by Gasteiger charge is 2.44. The van der Waals surface area contributed by atoms with Crippen LogP contribution in [0.3, 0.4) is 0 Å². The summed E-state index contributed by atoms with van der Waals surface area (Å²) < 4.78 is 11.3. The van der Waals surface area contributed by atoms with Gasteiger partial charge in [-0.1, -0.05) is 313 Å². The van der Waals surface area contributed by atoms with E-state index in [1.165, 1.54) is 270 Å². The Kier molecular flexibility index (Phi) is 56.4. The Morgan fingerprint density at radius 1 is 0.430 bits per heavy atom. The summed E-state index contributed by atoms with van der Waals surface area (Å²) in [6.07, 6.45) is 73.7. The number of rotatable bonds is 60. The van der Waals surface area contributed by atoms with Crippen molar-refractivity contribution in [3.05, 3.63) is 48.6 Å². The summed E-state index contributed by atoms with van der Waals surface area (Å²) in [6, 6.07) is -0.821. The monoisotopic (exact) mass is 1110 g/mol. The van der Waals surface area contributed by atoms with Gasteiger partial charge in [0.2, 0.25) is 5.91 Å². The van der Waals surface area contributed by atoms with Crippen molar-refractivity contribution in [2.45, 2.75) is 378 Å². The molecule has 1 fully saturated rings. The lowest BCUT2D eigenvalue weighted by Crippen LogP contribution is -2.60. The average Bonchev–Trinajstić information content (AvgIpc) is 3.46. The van der Waals surface area contributed by atoms with E-state index in [9.17, 15) is 30.3 Å². The minimum absolute atomic E-state index is 0.181. The maximum absolute atomic E-state index is 13.1. The van der Waals surface area contributed by atoms with Gasteiger partial charge < -0.3 is 40.3 Å². The van der Waals surface area contributed by atoms with E-state index < -0.39 is 49.5 Å². The molecule has 79 heavy (non-hydrogen) atoms. The first-order chi connectivity index (χ1) is 38.8. The molecule has 1 amide bonds. The molecule has 6 N–H and O–H groups in total. The van der Waals surface area contributed by atoms with Crippen LogP contribution in [0, 0.1) is 0 Å². The van der Waals surface area contributed by atoms with E-state index in [0.717, 1.165) is 44.9 Å². The van der Waals surface area contributed by atoms with Gasteiger partial charge in [-0.15, -0.1) is 0 Å². The highest BCUT2D eigenvalue weighted by Crippen LogP contribution is 2.23. The molecule has 1 heterocycles. The molecular weight excluding hydrogens is 983 g/mol. The molecule has 7 unspecified atom stereocenters. The Bertz CT molecular complexity index is 1380. The molecule has 1 rings (SSSR count). The Balaban J connectivity index is 2.08. The third kappa shape index (κ3) is 48.3. The second-order valence-electron chi connectivity index (χ2n) is 24.0. The quantitative estimate of drug-likeness (QED) is 0.0261. The second-order valence-corrected chi connectivity index (χ2v) is 24.0. The lowest BCUT2D eigenvalue weighted by molar-refractivity contribution is -0.302. The molecule has 0 bridgehead atoms. The summed E-state index contributed by atoms with van der Waals surface area (Å²) in [5.41, 5.74) is 0. The Labute approximate surface area is 488 Å². The fourth-order valence-electron chi connectivity index (χ4n) is 11.0. The molecule has 9 heteroatoms. The summed E-state index contributed by atoms with van der Waals surface area (Å²) >= 11 is 0. The number of carbonyl (C=O) groups is 1. The summed E-state index contributed by atoms with van der Waals surface area (Å²) in [4.78, 5) is 13.1. The standard InChI is InChI=1S/C70H131NO8/c1-3-5-7-9-11-13-15-17-19-21-23-24-25-26-27-28-29-30-31-32-33-34-35-36-37-38-39-40-42-44-46-48-50-52-54-56-58-60-66(74)71-63(62-78-70-69(77)68(76)67(75)65(61-72)79-70)64(73)59-57-55-53-51-49-47-45-43-41-22-20-18-16-14-12-10-8-6-4-2/h15,17,21,23,49,51,57,59,63-65,67-70,72-73,75-77H,3-14,16,18-20,22,24-48,50,52-56,58,60-62H2,1-2H3,(H,71,74)/b17-15-,23-21-,51-49+,59-57+. The van der Waals surface area contributed by atoms with E-state index in [0.29, 0.717) is 6.42 Å². The van der Waals surface area contributed by atoms with Gasteiger partial charge in [-0.25, -0.2) is 0 Å². The van der Waals surface area contributed by atoms with Crippen LogP contribution in [-0.4, -0.2) is 87.5 Å². The zero-order valence-electron chi connectivity index (χ0n) is 51.9. The molecule has 0 aromatic rings. The predicted octanol–water partition coefficient (Wildman–Crippen LogP) is 18.4. The zero-order chi connectivity index (χ0) is 57.2. The molecule has 1 aliphatic heterocycles. The van der Waals surface area contributed by atoms with E-state index in [4.69, 9.17) is 9.47 Å². The molecule has 7 atom stereocenters. The van der Waals surface area contributed by atoms with Crippen LogP contribution in [0.4, 0.5) is 0 Å². The van der Waals surface area contributed by atoms with Gasteiger partial charge in [0, 0.05) is 6.42 Å². The van der Waals surface area contributed by atoms with E-state index in [-0.39, 0.29) is 12.5 Å². The van der Waals surface area contributed by atoms with Gasteiger partial charge in [0.25, 0.3) is 0 Å². The summed E-state index contributed by atoms with van der Waals surface area (Å²) in [5, 5.41) is 54.6. The molecule has 9 nitrogen and oxygen atoms in total. The number of carbonyl (C=O) groups excluding carboxylic acids is 1. The number of hydrogen-bond acceptors (Lipinski definition) is 8. The number of aliphatic hydroxyl groups excluding tert-OH is 5. The van der Waals surface area contributed by atoms with Gasteiger partial charge in [0.1, 0.15) is 24.4 Å². The number of unbranched alkanes of at least 4 members (excludes halogenated alkanes) is 44. The van der Waals surface area contributed by atoms with E-state index in [1.807, 2.05) is 6.08 Å². The van der Waals surface area contributed by atoms with Crippen molar-refractivity contribution < 1.29 is 39.8 Å². The number of allylic oxidation sites excluding steroid dienone is 7. The first kappa shape index (κ1) is 75.2.